The third-order valence-corrected chi connectivity index (χ3v) is 3.28. The zero-order valence-electron chi connectivity index (χ0n) is 8.84. The highest BCUT2D eigenvalue weighted by Gasteiger charge is 2.08. The van der Waals surface area contributed by atoms with Gasteiger partial charge in [-0.15, -0.1) is 17.1 Å². The molecular formula is C10H13NO3S2. The summed E-state index contributed by atoms with van der Waals surface area (Å²) in [5.41, 5.74) is 2.89. The Morgan fingerprint density at radius 3 is 3.00 bits per heavy atom. The molecule has 1 heterocycles. The second kappa shape index (κ2) is 6.62. The molecule has 0 aromatic carbocycles. The molecule has 4 nitrogen and oxygen atoms in total. The average molecular weight is 259 g/mol. The minimum Gasteiger partial charge on any atom is -0.493 e. The van der Waals surface area contributed by atoms with Gasteiger partial charge in [-0.25, -0.2) is 4.89 Å². The molecule has 0 fully saturated rings. The van der Waals surface area contributed by atoms with Gasteiger partial charge in [0.1, 0.15) is 0 Å². The van der Waals surface area contributed by atoms with Crippen LogP contribution in [0.5, 0.6) is 5.88 Å². The number of aromatic nitrogens is 1. The van der Waals surface area contributed by atoms with Crippen LogP contribution in [0.25, 0.3) is 6.08 Å². The van der Waals surface area contributed by atoms with Gasteiger partial charge in [0, 0.05) is 12.6 Å². The normalized spacial score (nSPS) is 9.88. The molecule has 0 spiro atoms. The smallest absolute Gasteiger partial charge is 0.211 e. The molecule has 0 aliphatic rings. The van der Waals surface area contributed by atoms with Crippen molar-refractivity contribution in [2.75, 3.05) is 6.61 Å². The lowest BCUT2D eigenvalue weighted by Gasteiger charge is -2.02. The number of hydrogen-bond acceptors (Lipinski definition) is 5. The van der Waals surface area contributed by atoms with Gasteiger partial charge >= 0.3 is 0 Å². The zero-order chi connectivity index (χ0) is 12.0. The minimum atomic E-state index is 0.141. The van der Waals surface area contributed by atoms with Crippen LogP contribution in [0, 0.1) is 3.95 Å². The van der Waals surface area contributed by atoms with Crippen molar-refractivity contribution in [1.82, 2.24) is 4.57 Å². The van der Waals surface area contributed by atoms with E-state index in [0.717, 1.165) is 0 Å². The Hall–Kier alpha value is -0.910. The molecular weight excluding hydrogens is 246 g/mol. The SMILES string of the molecule is CC=C=Cc1sc(=S)n(CCCOO)c1O. The van der Waals surface area contributed by atoms with Gasteiger partial charge in [0.2, 0.25) is 5.88 Å². The standard InChI is InChI=1S/C10H13NO3S2/c1-2-3-5-8-9(12)11(10(15)16-8)6-4-7-14-13/h2,5,12-13H,4,6-7H2,1H3. The van der Waals surface area contributed by atoms with Crippen molar-refractivity contribution < 1.29 is 15.3 Å². The molecule has 16 heavy (non-hydrogen) atoms. The molecule has 0 atom stereocenters. The Labute approximate surface area is 103 Å². The molecule has 0 radical (unpaired) electrons. The van der Waals surface area contributed by atoms with Crippen LogP contribution in [0.15, 0.2) is 11.8 Å². The predicted molar refractivity (Wildman–Crippen MR) is 66.2 cm³/mol. The lowest BCUT2D eigenvalue weighted by molar-refractivity contribution is -0.243. The van der Waals surface area contributed by atoms with Crippen molar-refractivity contribution in [3.8, 4) is 5.88 Å². The summed E-state index contributed by atoms with van der Waals surface area (Å²) in [5.74, 6) is 0.141. The van der Waals surface area contributed by atoms with Crippen LogP contribution in [0.1, 0.15) is 18.2 Å². The molecule has 1 rings (SSSR count). The highest BCUT2D eigenvalue weighted by molar-refractivity contribution is 7.73. The van der Waals surface area contributed by atoms with Crippen LogP contribution >= 0.6 is 23.6 Å². The van der Waals surface area contributed by atoms with E-state index in [1.165, 1.54) is 11.3 Å². The van der Waals surface area contributed by atoms with E-state index < -0.39 is 0 Å². The number of hydrogen-bond donors (Lipinski definition) is 2. The van der Waals surface area contributed by atoms with Gasteiger partial charge in [0.05, 0.1) is 11.5 Å². The molecule has 88 valence electrons. The molecule has 0 saturated heterocycles. The van der Waals surface area contributed by atoms with Crippen LogP contribution in [-0.2, 0) is 11.4 Å². The largest absolute Gasteiger partial charge is 0.493 e. The van der Waals surface area contributed by atoms with Gasteiger partial charge < -0.3 is 5.11 Å². The molecule has 0 unspecified atom stereocenters. The Morgan fingerprint density at radius 1 is 1.62 bits per heavy atom. The monoisotopic (exact) mass is 259 g/mol. The van der Waals surface area contributed by atoms with Crippen LogP contribution in [0.2, 0.25) is 0 Å². The van der Waals surface area contributed by atoms with Crippen LogP contribution in [0.3, 0.4) is 0 Å². The van der Waals surface area contributed by atoms with Crippen LogP contribution < -0.4 is 0 Å². The Balaban J connectivity index is 2.89. The summed E-state index contributed by atoms with van der Waals surface area (Å²) in [7, 11) is 0. The summed E-state index contributed by atoms with van der Waals surface area (Å²) in [6.45, 7) is 2.59. The number of aromatic hydroxyl groups is 1. The summed E-state index contributed by atoms with van der Waals surface area (Å²) in [6.07, 6.45) is 4.03. The number of thiazole rings is 1. The lowest BCUT2D eigenvalue weighted by Crippen LogP contribution is -2.00. The minimum absolute atomic E-state index is 0.141. The van der Waals surface area contributed by atoms with Crippen molar-refractivity contribution in [1.29, 1.82) is 0 Å². The van der Waals surface area contributed by atoms with Crippen LogP contribution in [-0.4, -0.2) is 21.5 Å². The number of nitrogens with zero attached hydrogens (tertiary/aromatic N) is 1. The van der Waals surface area contributed by atoms with E-state index in [-0.39, 0.29) is 12.5 Å². The molecule has 0 bridgehead atoms. The molecule has 0 aliphatic carbocycles. The fourth-order valence-corrected chi connectivity index (χ4v) is 2.40. The van der Waals surface area contributed by atoms with E-state index in [0.29, 0.717) is 21.8 Å². The Bertz CT molecular complexity index is 455. The van der Waals surface area contributed by atoms with Crippen molar-refractivity contribution in [2.24, 2.45) is 0 Å². The molecule has 6 heteroatoms. The first-order chi connectivity index (χ1) is 7.70. The van der Waals surface area contributed by atoms with Gasteiger partial charge in [0.25, 0.3) is 0 Å². The molecule has 0 amide bonds. The van der Waals surface area contributed by atoms with Crippen LogP contribution in [0.4, 0.5) is 0 Å². The van der Waals surface area contributed by atoms with Gasteiger partial charge in [-0.1, -0.05) is 0 Å². The summed E-state index contributed by atoms with van der Waals surface area (Å²) >= 11 is 6.45. The highest BCUT2D eigenvalue weighted by atomic mass is 32.1. The fraction of sp³-hybridized carbons (Fsp3) is 0.400. The van der Waals surface area contributed by atoms with Crippen molar-refractivity contribution >= 4 is 29.6 Å². The van der Waals surface area contributed by atoms with Crippen molar-refractivity contribution in [3.63, 3.8) is 0 Å². The Kier molecular flexibility index (Phi) is 5.45. The molecule has 0 saturated carbocycles. The number of allylic oxidation sites excluding steroid dienone is 1. The van der Waals surface area contributed by atoms with E-state index in [1.54, 1.807) is 16.7 Å². The number of rotatable bonds is 5. The zero-order valence-corrected chi connectivity index (χ0v) is 10.5. The highest BCUT2D eigenvalue weighted by Crippen LogP contribution is 2.27. The van der Waals surface area contributed by atoms with Gasteiger partial charge in [0.15, 0.2) is 3.95 Å². The van der Waals surface area contributed by atoms with E-state index in [9.17, 15) is 5.11 Å². The summed E-state index contributed by atoms with van der Waals surface area (Å²) < 4.78 is 2.21. The molecule has 1 aromatic heterocycles. The second-order valence-corrected chi connectivity index (χ2v) is 4.67. The van der Waals surface area contributed by atoms with E-state index in [2.05, 4.69) is 10.6 Å². The maximum absolute atomic E-state index is 9.85. The Morgan fingerprint density at radius 2 is 2.38 bits per heavy atom. The first kappa shape index (κ1) is 13.2. The predicted octanol–water partition coefficient (Wildman–Crippen LogP) is 3.05. The summed E-state index contributed by atoms with van der Waals surface area (Å²) in [4.78, 5) is 4.65. The van der Waals surface area contributed by atoms with Crippen molar-refractivity contribution in [3.05, 3.63) is 20.6 Å². The lowest BCUT2D eigenvalue weighted by atomic mass is 10.4. The van der Waals surface area contributed by atoms with E-state index >= 15 is 0 Å². The first-order valence-corrected chi connectivity index (χ1v) is 5.99. The third-order valence-electron chi connectivity index (χ3n) is 1.89. The quantitative estimate of drug-likeness (QED) is 0.280. The summed E-state index contributed by atoms with van der Waals surface area (Å²) in [6, 6.07) is 0. The molecule has 0 aliphatic heterocycles. The topological polar surface area (TPSA) is 54.6 Å². The third kappa shape index (κ3) is 3.30. The van der Waals surface area contributed by atoms with E-state index in [1.807, 2.05) is 6.92 Å². The fourth-order valence-electron chi connectivity index (χ4n) is 1.15. The van der Waals surface area contributed by atoms with Gasteiger partial charge in [-0.05, 0) is 31.6 Å². The maximum Gasteiger partial charge on any atom is 0.211 e. The van der Waals surface area contributed by atoms with Crippen molar-refractivity contribution in [2.45, 2.75) is 19.9 Å². The molecule has 1 aromatic rings. The van der Waals surface area contributed by atoms with E-state index in [4.69, 9.17) is 17.5 Å². The van der Waals surface area contributed by atoms with Gasteiger partial charge in [-0.3, -0.25) is 9.82 Å². The molecule has 2 N–H and O–H groups in total. The average Bonchev–Trinajstić information content (AvgIpc) is 2.54. The second-order valence-electron chi connectivity index (χ2n) is 2.99. The first-order valence-electron chi connectivity index (χ1n) is 4.76. The summed E-state index contributed by atoms with van der Waals surface area (Å²) in [5, 5.41) is 18.0. The maximum atomic E-state index is 9.85. The van der Waals surface area contributed by atoms with Gasteiger partial charge in [-0.2, -0.15) is 0 Å².